The van der Waals surface area contributed by atoms with E-state index in [1.54, 1.807) is 29.2 Å². The number of nitriles is 1. The highest BCUT2D eigenvalue weighted by Crippen LogP contribution is 2.24. The van der Waals surface area contributed by atoms with E-state index in [4.69, 9.17) is 16.9 Å². The van der Waals surface area contributed by atoms with Gasteiger partial charge in [0.25, 0.3) is 5.91 Å². The Hall–Kier alpha value is -1.53. The first-order valence-electron chi connectivity index (χ1n) is 6.66. The molecule has 0 saturated heterocycles. The van der Waals surface area contributed by atoms with E-state index in [1.807, 2.05) is 0 Å². The molecule has 0 heterocycles. The molecule has 4 heteroatoms. The van der Waals surface area contributed by atoms with Gasteiger partial charge in [-0.1, -0.05) is 36.9 Å². The van der Waals surface area contributed by atoms with Crippen LogP contribution in [0, 0.1) is 11.3 Å². The zero-order chi connectivity index (χ0) is 13.7. The van der Waals surface area contributed by atoms with Gasteiger partial charge in [-0.25, -0.2) is 0 Å². The van der Waals surface area contributed by atoms with Crippen LogP contribution in [0.15, 0.2) is 24.3 Å². The Kier molecular flexibility index (Phi) is 4.81. The molecule has 2 rings (SSSR count). The molecule has 0 unspecified atom stereocenters. The maximum Gasteiger partial charge on any atom is 0.255 e. The van der Waals surface area contributed by atoms with E-state index in [1.165, 1.54) is 6.42 Å². The fourth-order valence-corrected chi connectivity index (χ4v) is 2.81. The van der Waals surface area contributed by atoms with Crippen molar-refractivity contribution in [2.24, 2.45) is 0 Å². The van der Waals surface area contributed by atoms with Gasteiger partial charge >= 0.3 is 0 Å². The molecule has 0 bridgehead atoms. The van der Waals surface area contributed by atoms with E-state index >= 15 is 0 Å². The van der Waals surface area contributed by atoms with E-state index in [9.17, 15) is 4.79 Å². The average molecular weight is 277 g/mol. The van der Waals surface area contributed by atoms with Crippen LogP contribution in [0.3, 0.4) is 0 Å². The summed E-state index contributed by atoms with van der Waals surface area (Å²) in [4.78, 5) is 14.2. The van der Waals surface area contributed by atoms with Crippen molar-refractivity contribution in [3.05, 3.63) is 34.9 Å². The van der Waals surface area contributed by atoms with Gasteiger partial charge in [0.1, 0.15) is 6.54 Å². The second-order valence-electron chi connectivity index (χ2n) is 4.89. The number of carbonyl (C=O) groups is 1. The largest absolute Gasteiger partial charge is 0.322 e. The zero-order valence-electron chi connectivity index (χ0n) is 10.8. The van der Waals surface area contributed by atoms with Crippen molar-refractivity contribution in [2.75, 3.05) is 6.54 Å². The van der Waals surface area contributed by atoms with Crippen molar-refractivity contribution < 1.29 is 4.79 Å². The minimum atomic E-state index is -0.0871. The molecule has 1 amide bonds. The first kappa shape index (κ1) is 13.9. The molecule has 1 fully saturated rings. The Balaban J connectivity index is 2.18. The Bertz CT molecular complexity index is 489. The van der Waals surface area contributed by atoms with Crippen LogP contribution >= 0.6 is 11.6 Å². The summed E-state index contributed by atoms with van der Waals surface area (Å²) < 4.78 is 0. The Morgan fingerprint density at radius 1 is 1.37 bits per heavy atom. The molecule has 1 saturated carbocycles. The van der Waals surface area contributed by atoms with Crippen LogP contribution < -0.4 is 0 Å². The number of hydrogen-bond acceptors (Lipinski definition) is 2. The van der Waals surface area contributed by atoms with Gasteiger partial charge in [0, 0.05) is 16.6 Å². The molecule has 1 aromatic carbocycles. The lowest BCUT2D eigenvalue weighted by molar-refractivity contribution is 0.0666. The predicted octanol–water partition coefficient (Wildman–Crippen LogP) is 3.64. The number of amides is 1. The van der Waals surface area contributed by atoms with Gasteiger partial charge in [0.15, 0.2) is 0 Å². The SMILES string of the molecule is N#CCN(C(=O)c1cccc(Cl)c1)C1CCCCC1. The van der Waals surface area contributed by atoms with E-state index in [0.29, 0.717) is 10.6 Å². The van der Waals surface area contributed by atoms with Gasteiger partial charge < -0.3 is 4.90 Å². The molecule has 19 heavy (non-hydrogen) atoms. The fourth-order valence-electron chi connectivity index (χ4n) is 2.62. The lowest BCUT2D eigenvalue weighted by Gasteiger charge is -2.32. The number of halogens is 1. The second-order valence-corrected chi connectivity index (χ2v) is 5.33. The number of hydrogen-bond donors (Lipinski definition) is 0. The summed E-state index contributed by atoms with van der Waals surface area (Å²) in [5, 5.41) is 9.50. The molecule has 0 atom stereocenters. The number of carbonyl (C=O) groups excluding carboxylic acids is 1. The van der Waals surface area contributed by atoms with E-state index in [-0.39, 0.29) is 18.5 Å². The van der Waals surface area contributed by atoms with E-state index in [2.05, 4.69) is 6.07 Å². The highest BCUT2D eigenvalue weighted by molar-refractivity contribution is 6.30. The summed E-state index contributed by atoms with van der Waals surface area (Å²) >= 11 is 5.92. The Morgan fingerprint density at radius 2 is 2.11 bits per heavy atom. The number of benzene rings is 1. The van der Waals surface area contributed by atoms with Gasteiger partial charge in [-0.2, -0.15) is 5.26 Å². The van der Waals surface area contributed by atoms with Gasteiger partial charge in [0.05, 0.1) is 6.07 Å². The highest BCUT2D eigenvalue weighted by atomic mass is 35.5. The van der Waals surface area contributed by atoms with Gasteiger partial charge in [0.2, 0.25) is 0 Å². The van der Waals surface area contributed by atoms with Crippen molar-refractivity contribution in [1.82, 2.24) is 4.90 Å². The molecule has 0 radical (unpaired) electrons. The summed E-state index contributed by atoms with van der Waals surface area (Å²) in [6.07, 6.45) is 5.48. The van der Waals surface area contributed by atoms with Crippen LogP contribution in [0.5, 0.6) is 0 Å². The third-order valence-electron chi connectivity index (χ3n) is 3.59. The topological polar surface area (TPSA) is 44.1 Å². The van der Waals surface area contributed by atoms with Crippen molar-refractivity contribution in [2.45, 2.75) is 38.1 Å². The molecular weight excluding hydrogens is 260 g/mol. The summed E-state index contributed by atoms with van der Waals surface area (Å²) in [5.74, 6) is -0.0871. The number of nitrogens with zero attached hydrogens (tertiary/aromatic N) is 2. The van der Waals surface area contributed by atoms with Gasteiger partial charge in [-0.15, -0.1) is 0 Å². The maximum absolute atomic E-state index is 12.5. The Morgan fingerprint density at radius 3 is 2.74 bits per heavy atom. The molecule has 100 valence electrons. The molecule has 3 nitrogen and oxygen atoms in total. The quantitative estimate of drug-likeness (QED) is 0.791. The smallest absolute Gasteiger partial charge is 0.255 e. The monoisotopic (exact) mass is 276 g/mol. The fraction of sp³-hybridized carbons (Fsp3) is 0.467. The summed E-state index contributed by atoms with van der Waals surface area (Å²) in [6, 6.07) is 9.22. The maximum atomic E-state index is 12.5. The highest BCUT2D eigenvalue weighted by Gasteiger charge is 2.26. The van der Waals surface area contributed by atoms with Crippen LogP contribution in [0.1, 0.15) is 42.5 Å². The summed E-state index contributed by atoms with van der Waals surface area (Å²) in [5.41, 5.74) is 0.563. The van der Waals surface area contributed by atoms with Crippen molar-refractivity contribution in [3.8, 4) is 6.07 Å². The van der Waals surface area contributed by atoms with Crippen LogP contribution in [-0.2, 0) is 0 Å². The average Bonchev–Trinajstić information content (AvgIpc) is 2.45. The Labute approximate surface area is 118 Å². The van der Waals surface area contributed by atoms with Crippen LogP contribution in [0.2, 0.25) is 5.02 Å². The lowest BCUT2D eigenvalue weighted by atomic mass is 9.93. The lowest BCUT2D eigenvalue weighted by Crippen LogP contribution is -2.41. The van der Waals surface area contributed by atoms with Crippen LogP contribution in [0.25, 0.3) is 0 Å². The third-order valence-corrected chi connectivity index (χ3v) is 3.82. The van der Waals surface area contributed by atoms with Crippen LogP contribution in [0.4, 0.5) is 0 Å². The molecule has 0 aliphatic heterocycles. The minimum Gasteiger partial charge on any atom is -0.322 e. The van der Waals surface area contributed by atoms with Gasteiger partial charge in [-0.05, 0) is 31.0 Å². The predicted molar refractivity (Wildman–Crippen MR) is 75.0 cm³/mol. The third kappa shape index (κ3) is 3.48. The summed E-state index contributed by atoms with van der Waals surface area (Å²) in [7, 11) is 0. The molecule has 0 spiro atoms. The minimum absolute atomic E-state index is 0.0871. The molecular formula is C15H17ClN2O. The number of rotatable bonds is 3. The first-order chi connectivity index (χ1) is 9.22. The molecule has 1 aromatic rings. The standard InChI is InChI=1S/C15H17ClN2O/c16-13-6-4-5-12(11-13)15(19)18(10-9-17)14-7-2-1-3-8-14/h4-6,11,14H,1-3,7-8,10H2. The molecule has 1 aliphatic carbocycles. The van der Waals surface area contributed by atoms with E-state index < -0.39 is 0 Å². The second kappa shape index (κ2) is 6.58. The molecule has 0 N–H and O–H groups in total. The van der Waals surface area contributed by atoms with Crippen molar-refractivity contribution >= 4 is 17.5 Å². The van der Waals surface area contributed by atoms with Crippen molar-refractivity contribution in [1.29, 1.82) is 5.26 Å². The van der Waals surface area contributed by atoms with Crippen LogP contribution in [-0.4, -0.2) is 23.4 Å². The normalized spacial score (nSPS) is 15.8. The first-order valence-corrected chi connectivity index (χ1v) is 7.03. The summed E-state index contributed by atoms with van der Waals surface area (Å²) in [6.45, 7) is 0.149. The zero-order valence-corrected chi connectivity index (χ0v) is 11.6. The van der Waals surface area contributed by atoms with Gasteiger partial charge in [-0.3, -0.25) is 4.79 Å². The molecule has 1 aliphatic rings. The van der Waals surface area contributed by atoms with E-state index in [0.717, 1.165) is 25.7 Å². The molecule has 0 aromatic heterocycles. The van der Waals surface area contributed by atoms with Crippen molar-refractivity contribution in [3.63, 3.8) is 0 Å².